The summed E-state index contributed by atoms with van der Waals surface area (Å²) in [6, 6.07) is 4.36. The zero-order valence-corrected chi connectivity index (χ0v) is 11.3. The molecule has 6 heteroatoms. The minimum Gasteiger partial charge on any atom is -0.462 e. The van der Waals surface area contributed by atoms with Gasteiger partial charge in [-0.05, 0) is 32.0 Å². The quantitative estimate of drug-likeness (QED) is 0.545. The van der Waals surface area contributed by atoms with Crippen LogP contribution in [0.15, 0.2) is 18.2 Å². The Hall–Kier alpha value is -2.24. The van der Waals surface area contributed by atoms with Crippen LogP contribution in [0.25, 0.3) is 0 Å². The fourth-order valence-corrected chi connectivity index (χ4v) is 1.58. The number of ether oxygens (including phenoxy) is 1. The van der Waals surface area contributed by atoms with E-state index in [0.29, 0.717) is 16.9 Å². The van der Waals surface area contributed by atoms with E-state index in [4.69, 9.17) is 10.5 Å². The molecule has 0 aromatic heterocycles. The van der Waals surface area contributed by atoms with Crippen molar-refractivity contribution in [3.63, 3.8) is 0 Å². The molecule has 0 spiro atoms. The lowest BCUT2D eigenvalue weighted by atomic mass is 10.1. The normalized spacial score (nSPS) is 11.5. The van der Waals surface area contributed by atoms with Crippen LogP contribution in [0.3, 0.4) is 0 Å². The number of hydrogen-bond donors (Lipinski definition) is 3. The number of nitrogen functional groups attached to an aromatic ring is 1. The van der Waals surface area contributed by atoms with Crippen LogP contribution in [0.5, 0.6) is 0 Å². The molecule has 4 N–H and O–H groups in total. The van der Waals surface area contributed by atoms with Crippen molar-refractivity contribution in [3.05, 3.63) is 23.8 Å². The number of carbonyl (C=O) groups excluding carboxylic acids is 2. The maximum Gasteiger partial charge on any atom is 0.340 e. The summed E-state index contributed by atoms with van der Waals surface area (Å²) in [6.45, 7) is 3.70. The molecular formula is C13H19N3O3. The number of rotatable bonds is 5. The molecule has 0 aliphatic carbocycles. The topological polar surface area (TPSA) is 93.4 Å². The second kappa shape index (κ2) is 6.63. The third-order valence-corrected chi connectivity index (χ3v) is 2.55. The van der Waals surface area contributed by atoms with Crippen LogP contribution < -0.4 is 16.4 Å². The fraction of sp³-hybridized carbons (Fsp3) is 0.385. The summed E-state index contributed by atoms with van der Waals surface area (Å²) in [4.78, 5) is 23.3. The molecule has 1 aromatic carbocycles. The summed E-state index contributed by atoms with van der Waals surface area (Å²) < 4.78 is 4.96. The van der Waals surface area contributed by atoms with E-state index < -0.39 is 12.0 Å². The van der Waals surface area contributed by atoms with Gasteiger partial charge in [0.05, 0.1) is 12.2 Å². The van der Waals surface area contributed by atoms with Crippen molar-refractivity contribution in [1.82, 2.24) is 5.32 Å². The first-order valence-corrected chi connectivity index (χ1v) is 6.04. The lowest BCUT2D eigenvalue weighted by Gasteiger charge is -2.16. The standard InChI is InChI=1S/C13H19N3O3/c1-4-19-13(18)10-7-9(14)5-6-11(10)16-8(2)12(17)15-3/h5-8,16H,4,14H2,1-3H3,(H,15,17). The summed E-state index contributed by atoms with van der Waals surface area (Å²) in [5.74, 6) is -0.645. The van der Waals surface area contributed by atoms with Gasteiger partial charge in [-0.15, -0.1) is 0 Å². The van der Waals surface area contributed by atoms with Gasteiger partial charge in [-0.2, -0.15) is 0 Å². The summed E-state index contributed by atoms with van der Waals surface area (Å²) in [5, 5.41) is 5.49. The van der Waals surface area contributed by atoms with E-state index in [1.165, 1.54) is 6.07 Å². The smallest absolute Gasteiger partial charge is 0.340 e. The van der Waals surface area contributed by atoms with Gasteiger partial charge in [-0.25, -0.2) is 4.79 Å². The number of esters is 1. The Balaban J connectivity index is 3.00. The number of anilines is 2. The molecule has 0 radical (unpaired) electrons. The van der Waals surface area contributed by atoms with Gasteiger partial charge in [-0.3, -0.25) is 4.79 Å². The first-order chi connectivity index (χ1) is 8.99. The van der Waals surface area contributed by atoms with Gasteiger partial charge in [0.25, 0.3) is 0 Å². The van der Waals surface area contributed by atoms with Gasteiger partial charge >= 0.3 is 5.97 Å². The molecule has 0 saturated heterocycles. The largest absolute Gasteiger partial charge is 0.462 e. The molecule has 0 fully saturated rings. The minimum absolute atomic E-state index is 0.174. The Labute approximate surface area is 112 Å². The van der Waals surface area contributed by atoms with E-state index >= 15 is 0 Å². The van der Waals surface area contributed by atoms with Gasteiger partial charge in [0.15, 0.2) is 0 Å². The highest BCUT2D eigenvalue weighted by Crippen LogP contribution is 2.20. The van der Waals surface area contributed by atoms with Gasteiger partial charge < -0.3 is 21.1 Å². The molecule has 1 unspecified atom stereocenters. The molecule has 6 nitrogen and oxygen atoms in total. The van der Waals surface area contributed by atoms with Crippen LogP contribution >= 0.6 is 0 Å². The van der Waals surface area contributed by atoms with Crippen LogP contribution in [0.1, 0.15) is 24.2 Å². The van der Waals surface area contributed by atoms with Crippen molar-refractivity contribution in [2.24, 2.45) is 0 Å². The Morgan fingerprint density at radius 2 is 2.11 bits per heavy atom. The van der Waals surface area contributed by atoms with Crippen LogP contribution in [0.2, 0.25) is 0 Å². The van der Waals surface area contributed by atoms with Crippen molar-refractivity contribution >= 4 is 23.3 Å². The molecule has 1 atom stereocenters. The first kappa shape index (κ1) is 14.8. The molecule has 0 saturated carbocycles. The average molecular weight is 265 g/mol. The molecular weight excluding hydrogens is 246 g/mol. The number of nitrogens with one attached hydrogen (secondary N) is 2. The van der Waals surface area contributed by atoms with Gasteiger partial charge in [-0.1, -0.05) is 0 Å². The third-order valence-electron chi connectivity index (χ3n) is 2.55. The van der Waals surface area contributed by atoms with E-state index in [1.807, 2.05) is 0 Å². The van der Waals surface area contributed by atoms with Crippen molar-refractivity contribution in [2.75, 3.05) is 24.7 Å². The predicted octanol–water partition coefficient (Wildman–Crippen LogP) is 0.992. The van der Waals surface area contributed by atoms with E-state index in [2.05, 4.69) is 10.6 Å². The number of carbonyl (C=O) groups is 2. The molecule has 0 aliphatic heterocycles. The Kier molecular flexibility index (Phi) is 5.17. The van der Waals surface area contributed by atoms with E-state index in [1.54, 1.807) is 33.0 Å². The van der Waals surface area contributed by atoms with Crippen molar-refractivity contribution in [3.8, 4) is 0 Å². The number of hydrogen-bond acceptors (Lipinski definition) is 5. The lowest BCUT2D eigenvalue weighted by molar-refractivity contribution is -0.121. The lowest BCUT2D eigenvalue weighted by Crippen LogP contribution is -2.35. The second-order valence-corrected chi connectivity index (χ2v) is 4.01. The maximum absolute atomic E-state index is 11.8. The van der Waals surface area contributed by atoms with Crippen LogP contribution in [-0.2, 0) is 9.53 Å². The molecule has 0 aliphatic rings. The molecule has 19 heavy (non-hydrogen) atoms. The second-order valence-electron chi connectivity index (χ2n) is 4.01. The SMILES string of the molecule is CCOC(=O)c1cc(N)ccc1NC(C)C(=O)NC. The number of likely N-dealkylation sites (N-methyl/N-ethyl adjacent to an activating group) is 1. The number of nitrogens with two attached hydrogens (primary N) is 1. The van der Waals surface area contributed by atoms with Crippen LogP contribution in [-0.4, -0.2) is 31.6 Å². The highest BCUT2D eigenvalue weighted by atomic mass is 16.5. The van der Waals surface area contributed by atoms with Crippen LogP contribution in [0, 0.1) is 0 Å². The highest BCUT2D eigenvalue weighted by molar-refractivity contribution is 5.97. The molecule has 1 aromatic rings. The molecule has 0 heterocycles. The maximum atomic E-state index is 11.8. The molecule has 0 bridgehead atoms. The van der Waals surface area contributed by atoms with E-state index in [0.717, 1.165) is 0 Å². The monoisotopic (exact) mass is 265 g/mol. The Bertz CT molecular complexity index is 474. The van der Waals surface area contributed by atoms with Crippen LogP contribution in [0.4, 0.5) is 11.4 Å². The predicted molar refractivity (Wildman–Crippen MR) is 74.0 cm³/mol. The number of amides is 1. The van der Waals surface area contributed by atoms with Crippen molar-refractivity contribution in [2.45, 2.75) is 19.9 Å². The minimum atomic E-state index is -0.471. The van der Waals surface area contributed by atoms with Gasteiger partial charge in [0.2, 0.25) is 5.91 Å². The Morgan fingerprint density at radius 1 is 1.42 bits per heavy atom. The summed E-state index contributed by atoms with van der Waals surface area (Å²) >= 11 is 0. The summed E-state index contributed by atoms with van der Waals surface area (Å²) in [7, 11) is 1.55. The molecule has 104 valence electrons. The van der Waals surface area contributed by atoms with Crippen molar-refractivity contribution in [1.29, 1.82) is 0 Å². The molecule has 1 amide bonds. The fourth-order valence-electron chi connectivity index (χ4n) is 1.58. The average Bonchev–Trinajstić information content (AvgIpc) is 2.39. The third kappa shape index (κ3) is 3.87. The molecule has 1 rings (SSSR count). The number of benzene rings is 1. The summed E-state index contributed by atoms with van der Waals surface area (Å²) in [6.07, 6.45) is 0. The Morgan fingerprint density at radius 3 is 2.68 bits per heavy atom. The zero-order chi connectivity index (χ0) is 14.4. The van der Waals surface area contributed by atoms with Crippen molar-refractivity contribution < 1.29 is 14.3 Å². The summed E-state index contributed by atoms with van der Waals surface area (Å²) in [5.41, 5.74) is 6.96. The van der Waals surface area contributed by atoms with Gasteiger partial charge in [0, 0.05) is 18.4 Å². The first-order valence-electron chi connectivity index (χ1n) is 6.04. The zero-order valence-electron chi connectivity index (χ0n) is 11.3. The van der Waals surface area contributed by atoms with E-state index in [9.17, 15) is 9.59 Å². The highest BCUT2D eigenvalue weighted by Gasteiger charge is 2.17. The van der Waals surface area contributed by atoms with Gasteiger partial charge in [0.1, 0.15) is 6.04 Å². The van der Waals surface area contributed by atoms with E-state index in [-0.39, 0.29) is 12.5 Å².